The molecule has 1 saturated heterocycles. The van der Waals surface area contributed by atoms with Gasteiger partial charge in [-0.1, -0.05) is 11.6 Å². The van der Waals surface area contributed by atoms with Crippen molar-refractivity contribution in [2.24, 2.45) is 0 Å². The number of imide groups is 1. The van der Waals surface area contributed by atoms with Gasteiger partial charge in [0.25, 0.3) is 5.91 Å². The van der Waals surface area contributed by atoms with E-state index in [-0.39, 0.29) is 13.1 Å². The number of benzene rings is 1. The predicted octanol–water partition coefficient (Wildman–Crippen LogP) is 1.35. The van der Waals surface area contributed by atoms with Crippen molar-refractivity contribution in [2.45, 2.75) is 13.0 Å². The predicted molar refractivity (Wildman–Crippen MR) is 79.0 cm³/mol. The van der Waals surface area contributed by atoms with Crippen LogP contribution in [0.15, 0.2) is 22.7 Å². The molecule has 1 N–H and O–H groups in total. The summed E-state index contributed by atoms with van der Waals surface area (Å²) in [6.45, 7) is 1.25. The van der Waals surface area contributed by atoms with Crippen LogP contribution in [0.5, 0.6) is 5.75 Å². The minimum Gasteiger partial charge on any atom is -0.480 e. The molecular weight excluding hydrogens is 364 g/mol. The molecule has 1 fully saturated rings. The third kappa shape index (κ3) is 3.95. The standard InChI is InChI=1S/C13H12BrClN2O4/c1-7(21-10-3-2-8(15)4-9(10)14)13(20)17-5-11(18)16-12(19)6-17/h2-4,7H,5-6H2,1H3,(H,16,18,19). The molecule has 1 aliphatic heterocycles. The number of carbonyl (C=O) groups is 3. The smallest absolute Gasteiger partial charge is 0.264 e. The highest BCUT2D eigenvalue weighted by Crippen LogP contribution is 2.28. The zero-order chi connectivity index (χ0) is 15.6. The van der Waals surface area contributed by atoms with Gasteiger partial charge in [0.1, 0.15) is 18.8 Å². The number of amides is 3. The molecule has 1 atom stereocenters. The van der Waals surface area contributed by atoms with Gasteiger partial charge in [-0.15, -0.1) is 0 Å². The second kappa shape index (κ2) is 6.44. The maximum absolute atomic E-state index is 12.2. The molecule has 0 bridgehead atoms. The zero-order valence-corrected chi connectivity index (χ0v) is 13.4. The lowest BCUT2D eigenvalue weighted by atomic mass is 10.2. The SMILES string of the molecule is CC(Oc1ccc(Cl)cc1Br)C(=O)N1CC(=O)NC(=O)C1. The molecule has 1 aromatic carbocycles. The van der Waals surface area contributed by atoms with E-state index in [9.17, 15) is 14.4 Å². The van der Waals surface area contributed by atoms with Gasteiger partial charge in [0.05, 0.1) is 4.47 Å². The number of hydrogen-bond acceptors (Lipinski definition) is 4. The molecule has 112 valence electrons. The largest absolute Gasteiger partial charge is 0.480 e. The lowest BCUT2D eigenvalue weighted by Crippen LogP contribution is -2.55. The molecule has 1 unspecified atom stereocenters. The number of halogens is 2. The van der Waals surface area contributed by atoms with Gasteiger partial charge in [0.15, 0.2) is 6.10 Å². The van der Waals surface area contributed by atoms with Crippen molar-refractivity contribution in [1.82, 2.24) is 10.2 Å². The van der Waals surface area contributed by atoms with Crippen molar-refractivity contribution >= 4 is 45.3 Å². The quantitative estimate of drug-likeness (QED) is 0.809. The van der Waals surface area contributed by atoms with E-state index in [0.29, 0.717) is 15.2 Å². The van der Waals surface area contributed by atoms with Gasteiger partial charge in [-0.25, -0.2) is 0 Å². The van der Waals surface area contributed by atoms with E-state index in [1.165, 1.54) is 0 Å². The molecule has 2 rings (SSSR count). The van der Waals surface area contributed by atoms with E-state index in [1.807, 2.05) is 0 Å². The van der Waals surface area contributed by atoms with Crippen molar-refractivity contribution in [1.29, 1.82) is 0 Å². The molecule has 1 heterocycles. The fraction of sp³-hybridized carbons (Fsp3) is 0.308. The van der Waals surface area contributed by atoms with Crippen molar-refractivity contribution in [3.63, 3.8) is 0 Å². The monoisotopic (exact) mass is 374 g/mol. The summed E-state index contributed by atoms with van der Waals surface area (Å²) in [7, 11) is 0. The van der Waals surface area contributed by atoms with Crippen LogP contribution in [-0.4, -0.2) is 41.8 Å². The van der Waals surface area contributed by atoms with E-state index in [1.54, 1.807) is 25.1 Å². The molecule has 21 heavy (non-hydrogen) atoms. The third-order valence-electron chi connectivity index (χ3n) is 2.80. The Morgan fingerprint density at radius 1 is 1.38 bits per heavy atom. The van der Waals surface area contributed by atoms with Crippen LogP contribution in [0, 0.1) is 0 Å². The Labute approximate surface area is 134 Å². The molecule has 0 spiro atoms. The number of rotatable bonds is 3. The normalized spacial score (nSPS) is 16.4. The van der Waals surface area contributed by atoms with Crippen molar-refractivity contribution in [3.05, 3.63) is 27.7 Å². The fourth-order valence-electron chi connectivity index (χ4n) is 1.86. The van der Waals surface area contributed by atoms with E-state index in [2.05, 4.69) is 21.2 Å². The second-order valence-corrected chi connectivity index (χ2v) is 5.79. The van der Waals surface area contributed by atoms with Crippen LogP contribution < -0.4 is 10.1 Å². The average Bonchev–Trinajstić information content (AvgIpc) is 2.40. The van der Waals surface area contributed by atoms with E-state index in [4.69, 9.17) is 16.3 Å². The molecule has 8 heteroatoms. The maximum atomic E-state index is 12.2. The Morgan fingerprint density at radius 3 is 2.57 bits per heavy atom. The van der Waals surface area contributed by atoms with Gasteiger partial charge in [-0.05, 0) is 41.1 Å². The first kappa shape index (κ1) is 15.8. The number of carbonyl (C=O) groups excluding carboxylic acids is 3. The molecule has 0 radical (unpaired) electrons. The maximum Gasteiger partial charge on any atom is 0.264 e. The Kier molecular flexibility index (Phi) is 4.84. The van der Waals surface area contributed by atoms with Gasteiger partial charge in [-0.3, -0.25) is 19.7 Å². The molecule has 0 aromatic heterocycles. The molecule has 0 aliphatic carbocycles. The molecule has 1 aromatic rings. The fourth-order valence-corrected chi connectivity index (χ4v) is 2.64. The minimum atomic E-state index is -0.832. The Balaban J connectivity index is 2.05. The van der Waals surface area contributed by atoms with Crippen LogP contribution >= 0.6 is 27.5 Å². The minimum absolute atomic E-state index is 0.153. The number of nitrogens with zero attached hydrogens (tertiary/aromatic N) is 1. The van der Waals surface area contributed by atoms with Gasteiger partial charge < -0.3 is 9.64 Å². The molecular formula is C13H12BrClN2O4. The van der Waals surface area contributed by atoms with Crippen molar-refractivity contribution in [2.75, 3.05) is 13.1 Å². The lowest BCUT2D eigenvalue weighted by Gasteiger charge is -2.28. The highest BCUT2D eigenvalue weighted by atomic mass is 79.9. The molecule has 1 aliphatic rings. The van der Waals surface area contributed by atoms with Crippen LogP contribution in [0.2, 0.25) is 5.02 Å². The van der Waals surface area contributed by atoms with E-state index >= 15 is 0 Å². The first-order valence-corrected chi connectivity index (χ1v) is 7.27. The van der Waals surface area contributed by atoms with Crippen LogP contribution in [0.3, 0.4) is 0 Å². The summed E-state index contributed by atoms with van der Waals surface area (Å²) in [6.07, 6.45) is -0.832. The number of nitrogens with one attached hydrogen (secondary N) is 1. The summed E-state index contributed by atoms with van der Waals surface area (Å²) in [6, 6.07) is 4.91. The van der Waals surface area contributed by atoms with Gasteiger partial charge in [0.2, 0.25) is 11.8 Å². The first-order chi connectivity index (χ1) is 9.86. The van der Waals surface area contributed by atoms with Crippen LogP contribution in [0.25, 0.3) is 0 Å². The number of piperazine rings is 1. The zero-order valence-electron chi connectivity index (χ0n) is 11.1. The Bertz CT molecular complexity index is 592. The number of hydrogen-bond donors (Lipinski definition) is 1. The van der Waals surface area contributed by atoms with E-state index < -0.39 is 23.8 Å². The highest BCUT2D eigenvalue weighted by molar-refractivity contribution is 9.10. The average molecular weight is 376 g/mol. The Hall–Kier alpha value is -1.60. The highest BCUT2D eigenvalue weighted by Gasteiger charge is 2.30. The lowest BCUT2D eigenvalue weighted by molar-refractivity contribution is -0.148. The molecule has 3 amide bonds. The Morgan fingerprint density at radius 2 is 2.00 bits per heavy atom. The summed E-state index contributed by atoms with van der Waals surface area (Å²) in [5, 5.41) is 2.67. The second-order valence-electron chi connectivity index (χ2n) is 4.50. The van der Waals surface area contributed by atoms with Gasteiger partial charge in [0, 0.05) is 5.02 Å². The van der Waals surface area contributed by atoms with Crippen LogP contribution in [-0.2, 0) is 14.4 Å². The first-order valence-electron chi connectivity index (χ1n) is 6.10. The van der Waals surface area contributed by atoms with Crippen molar-refractivity contribution in [3.8, 4) is 5.75 Å². The summed E-state index contributed by atoms with van der Waals surface area (Å²) in [5.74, 6) is -0.980. The number of ether oxygens (including phenoxy) is 1. The summed E-state index contributed by atoms with van der Waals surface area (Å²) in [5.41, 5.74) is 0. The van der Waals surface area contributed by atoms with Crippen LogP contribution in [0.1, 0.15) is 6.92 Å². The topological polar surface area (TPSA) is 75.7 Å². The summed E-state index contributed by atoms with van der Waals surface area (Å²) in [4.78, 5) is 35.9. The van der Waals surface area contributed by atoms with Crippen LogP contribution in [0.4, 0.5) is 0 Å². The summed E-state index contributed by atoms with van der Waals surface area (Å²) >= 11 is 9.11. The molecule has 6 nitrogen and oxygen atoms in total. The van der Waals surface area contributed by atoms with Gasteiger partial charge >= 0.3 is 0 Å². The van der Waals surface area contributed by atoms with Crippen molar-refractivity contribution < 1.29 is 19.1 Å². The summed E-state index contributed by atoms with van der Waals surface area (Å²) < 4.78 is 6.16. The van der Waals surface area contributed by atoms with E-state index in [0.717, 1.165) is 4.90 Å². The van der Waals surface area contributed by atoms with Gasteiger partial charge in [-0.2, -0.15) is 0 Å². The third-order valence-corrected chi connectivity index (χ3v) is 3.66. The molecule has 0 saturated carbocycles.